The van der Waals surface area contributed by atoms with Crippen molar-refractivity contribution in [3.8, 4) is 5.75 Å². The molecule has 3 rings (SSSR count). The SMILES string of the molecule is NN=C(C=NC1C(O)[C@@H](Sc2cccc(OC(F)(F)F)c2)OC(CO)[C@@H]1O)c1cc(F)c(F)c(F)c1. The summed E-state index contributed by atoms with van der Waals surface area (Å²) in [5.74, 6) is -0.0183. The third-order valence-electron chi connectivity index (χ3n) is 4.93. The first-order valence-electron chi connectivity index (χ1n) is 10.0. The second-order valence-electron chi connectivity index (χ2n) is 7.38. The number of alkyl halides is 3. The summed E-state index contributed by atoms with van der Waals surface area (Å²) in [4.78, 5) is 4.17. The Bertz CT molecular complexity index is 1110. The summed E-state index contributed by atoms with van der Waals surface area (Å²) < 4.78 is 87.3. The van der Waals surface area contributed by atoms with E-state index in [4.69, 9.17) is 10.6 Å². The first-order chi connectivity index (χ1) is 16.9. The Morgan fingerprint density at radius 1 is 1.11 bits per heavy atom. The highest BCUT2D eigenvalue weighted by molar-refractivity contribution is 7.99. The van der Waals surface area contributed by atoms with Crippen LogP contribution < -0.4 is 10.6 Å². The van der Waals surface area contributed by atoms with Gasteiger partial charge in [-0.2, -0.15) is 5.10 Å². The van der Waals surface area contributed by atoms with Gasteiger partial charge in [0.1, 0.15) is 41.3 Å². The number of hydrogen-bond donors (Lipinski definition) is 4. The minimum absolute atomic E-state index is 0.193. The quantitative estimate of drug-likeness (QED) is 0.140. The zero-order chi connectivity index (χ0) is 26.6. The molecule has 5 atom stereocenters. The summed E-state index contributed by atoms with van der Waals surface area (Å²) in [5.41, 5.74) is -1.85. The lowest BCUT2D eigenvalue weighted by Crippen LogP contribution is -2.56. The van der Waals surface area contributed by atoms with Crippen molar-refractivity contribution in [2.45, 2.75) is 41.0 Å². The summed E-state index contributed by atoms with van der Waals surface area (Å²) in [6.07, 6.45) is -8.46. The molecule has 36 heavy (non-hydrogen) atoms. The molecule has 0 bridgehead atoms. The Labute approximate surface area is 204 Å². The molecular formula is C21H19F6N3O5S. The fraction of sp³-hybridized carbons (Fsp3) is 0.333. The van der Waals surface area contributed by atoms with Crippen molar-refractivity contribution in [3.63, 3.8) is 0 Å². The van der Waals surface area contributed by atoms with Crippen LogP contribution in [0.3, 0.4) is 0 Å². The number of thioether (sulfide) groups is 1. The van der Waals surface area contributed by atoms with E-state index in [0.29, 0.717) is 12.1 Å². The standard InChI is InChI=1S/C21H19F6N3O5S/c22-12-4-9(5-13(23)16(12)24)14(30-28)7-29-17-18(32)15(8-31)34-20(19(17)33)36-11-3-1-2-10(6-11)35-21(25,26)27/h1-7,15,17-20,31-33H,8,28H2/t15?,17?,18-,19?,20+/m0/s1. The molecule has 0 saturated carbocycles. The van der Waals surface area contributed by atoms with Crippen molar-refractivity contribution in [2.75, 3.05) is 6.61 Å². The average Bonchev–Trinajstić information content (AvgIpc) is 2.80. The molecule has 15 heteroatoms. The lowest BCUT2D eigenvalue weighted by molar-refractivity contribution is -0.274. The predicted octanol–water partition coefficient (Wildman–Crippen LogP) is 2.34. The number of nitrogens with zero attached hydrogens (tertiary/aromatic N) is 2. The molecular weight excluding hydrogens is 520 g/mol. The molecule has 0 amide bonds. The van der Waals surface area contributed by atoms with Crippen LogP contribution in [0.2, 0.25) is 0 Å². The summed E-state index contributed by atoms with van der Waals surface area (Å²) in [7, 11) is 0. The van der Waals surface area contributed by atoms with Crippen molar-refractivity contribution in [2.24, 2.45) is 15.9 Å². The summed E-state index contributed by atoms with van der Waals surface area (Å²) in [6, 6.07) is 4.63. The van der Waals surface area contributed by atoms with Gasteiger partial charge in [0.2, 0.25) is 0 Å². The van der Waals surface area contributed by atoms with E-state index >= 15 is 0 Å². The molecule has 0 aliphatic carbocycles. The minimum Gasteiger partial charge on any atom is -0.406 e. The number of aliphatic hydroxyl groups excluding tert-OH is 3. The molecule has 2 aromatic rings. The topological polar surface area (TPSA) is 130 Å². The fourth-order valence-corrected chi connectivity index (χ4v) is 4.37. The van der Waals surface area contributed by atoms with Gasteiger partial charge in [-0.25, -0.2) is 13.2 Å². The van der Waals surface area contributed by atoms with E-state index in [1.165, 1.54) is 12.1 Å². The van der Waals surface area contributed by atoms with Gasteiger partial charge in [-0.15, -0.1) is 13.2 Å². The maximum atomic E-state index is 13.6. The number of aliphatic imine (C=N–C) groups is 1. The first-order valence-corrected chi connectivity index (χ1v) is 10.9. The fourth-order valence-electron chi connectivity index (χ4n) is 3.26. The van der Waals surface area contributed by atoms with Crippen molar-refractivity contribution >= 4 is 23.7 Å². The molecule has 2 aromatic carbocycles. The summed E-state index contributed by atoms with van der Waals surface area (Å²) in [5, 5.41) is 34.1. The molecule has 1 saturated heterocycles. The number of hydrazone groups is 1. The summed E-state index contributed by atoms with van der Waals surface area (Å²) >= 11 is 0.768. The molecule has 0 spiro atoms. The Kier molecular flexibility index (Phi) is 8.84. The molecule has 1 fully saturated rings. The maximum absolute atomic E-state index is 13.6. The van der Waals surface area contributed by atoms with Gasteiger partial charge >= 0.3 is 6.36 Å². The Morgan fingerprint density at radius 2 is 1.78 bits per heavy atom. The molecule has 1 heterocycles. The van der Waals surface area contributed by atoms with E-state index < -0.39 is 66.0 Å². The number of nitrogens with two attached hydrogens (primary N) is 1. The van der Waals surface area contributed by atoms with E-state index in [1.54, 1.807) is 0 Å². The van der Waals surface area contributed by atoms with Crippen molar-refractivity contribution in [3.05, 3.63) is 59.4 Å². The van der Waals surface area contributed by atoms with Gasteiger partial charge in [0.25, 0.3) is 0 Å². The van der Waals surface area contributed by atoms with Crippen LogP contribution in [0.1, 0.15) is 5.56 Å². The van der Waals surface area contributed by atoms with Crippen molar-refractivity contribution in [1.82, 2.24) is 0 Å². The van der Waals surface area contributed by atoms with Crippen LogP contribution in [-0.2, 0) is 4.74 Å². The Hall–Kier alpha value is -2.85. The Morgan fingerprint density at radius 3 is 2.36 bits per heavy atom. The Balaban J connectivity index is 1.83. The average molecular weight is 539 g/mol. The molecule has 0 aromatic heterocycles. The van der Waals surface area contributed by atoms with Gasteiger partial charge in [0, 0.05) is 16.7 Å². The van der Waals surface area contributed by atoms with Gasteiger partial charge in [0.15, 0.2) is 17.5 Å². The second-order valence-corrected chi connectivity index (χ2v) is 8.56. The minimum atomic E-state index is -4.92. The molecule has 196 valence electrons. The number of benzene rings is 2. The van der Waals surface area contributed by atoms with Gasteiger partial charge < -0.3 is 30.6 Å². The molecule has 1 aliphatic rings. The van der Waals surface area contributed by atoms with Crippen LogP contribution in [0, 0.1) is 17.5 Å². The van der Waals surface area contributed by atoms with Crippen LogP contribution in [0.15, 0.2) is 51.4 Å². The highest BCUT2D eigenvalue weighted by Gasteiger charge is 2.44. The van der Waals surface area contributed by atoms with Gasteiger partial charge in [-0.05, 0) is 30.3 Å². The van der Waals surface area contributed by atoms with Crippen LogP contribution >= 0.6 is 11.8 Å². The third-order valence-corrected chi connectivity index (χ3v) is 6.08. The molecule has 5 N–H and O–H groups in total. The van der Waals surface area contributed by atoms with Crippen molar-refractivity contribution < 1.29 is 51.1 Å². The van der Waals surface area contributed by atoms with Crippen LogP contribution in [0.25, 0.3) is 0 Å². The largest absolute Gasteiger partial charge is 0.573 e. The highest BCUT2D eigenvalue weighted by atomic mass is 32.2. The van der Waals surface area contributed by atoms with E-state index in [1.807, 2.05) is 0 Å². The predicted molar refractivity (Wildman–Crippen MR) is 116 cm³/mol. The first kappa shape index (κ1) is 27.7. The molecule has 1 aliphatic heterocycles. The van der Waals surface area contributed by atoms with E-state index in [-0.39, 0.29) is 16.2 Å². The molecule has 0 radical (unpaired) electrons. The number of aliphatic hydroxyl groups is 3. The summed E-state index contributed by atoms with van der Waals surface area (Å²) in [6.45, 7) is -0.708. The number of halogens is 6. The number of hydrogen-bond acceptors (Lipinski definition) is 9. The van der Waals surface area contributed by atoms with Gasteiger partial charge in [-0.3, -0.25) is 4.99 Å². The van der Waals surface area contributed by atoms with Crippen LogP contribution in [0.5, 0.6) is 5.75 Å². The maximum Gasteiger partial charge on any atom is 0.573 e. The monoisotopic (exact) mass is 539 g/mol. The van der Waals surface area contributed by atoms with Gasteiger partial charge in [0.05, 0.1) is 6.61 Å². The molecule has 3 unspecified atom stereocenters. The highest BCUT2D eigenvalue weighted by Crippen LogP contribution is 2.36. The van der Waals surface area contributed by atoms with E-state index in [9.17, 15) is 41.7 Å². The second kappa shape index (κ2) is 11.5. The zero-order valence-corrected chi connectivity index (χ0v) is 18.8. The zero-order valence-electron chi connectivity index (χ0n) is 17.9. The lowest BCUT2D eigenvalue weighted by atomic mass is 9.98. The van der Waals surface area contributed by atoms with E-state index in [0.717, 1.165) is 30.1 Å². The van der Waals surface area contributed by atoms with Crippen LogP contribution in [-0.4, -0.2) is 70.0 Å². The molecule has 8 nitrogen and oxygen atoms in total. The van der Waals surface area contributed by atoms with Crippen molar-refractivity contribution in [1.29, 1.82) is 0 Å². The van der Waals surface area contributed by atoms with Crippen LogP contribution in [0.4, 0.5) is 26.3 Å². The number of rotatable bonds is 7. The van der Waals surface area contributed by atoms with E-state index in [2.05, 4.69) is 14.8 Å². The lowest BCUT2D eigenvalue weighted by Gasteiger charge is -2.40. The number of ether oxygens (including phenoxy) is 2. The normalized spacial score (nSPS) is 25.4. The van der Waals surface area contributed by atoms with Gasteiger partial charge in [-0.1, -0.05) is 17.8 Å². The third kappa shape index (κ3) is 6.67. The smallest absolute Gasteiger partial charge is 0.406 e.